The predicted octanol–water partition coefficient (Wildman–Crippen LogP) is 3.40. The molecule has 1 fully saturated rings. The van der Waals surface area contributed by atoms with Gasteiger partial charge in [0, 0.05) is 24.5 Å². The van der Waals surface area contributed by atoms with Gasteiger partial charge in [-0.25, -0.2) is 0 Å². The van der Waals surface area contributed by atoms with Gasteiger partial charge in [0.15, 0.2) is 0 Å². The van der Waals surface area contributed by atoms with Crippen molar-refractivity contribution < 1.29 is 0 Å². The Morgan fingerprint density at radius 3 is 2.76 bits per heavy atom. The first-order valence-corrected chi connectivity index (χ1v) is 7.28. The highest BCUT2D eigenvalue weighted by Gasteiger charge is 2.22. The molecule has 1 atom stereocenters. The fourth-order valence-corrected chi connectivity index (χ4v) is 3.61. The molecule has 0 radical (unpaired) electrons. The summed E-state index contributed by atoms with van der Waals surface area (Å²) in [6.07, 6.45) is 13.1. The zero-order chi connectivity index (χ0) is 11.7. The molecule has 1 aromatic heterocycles. The maximum absolute atomic E-state index is 6.18. The van der Waals surface area contributed by atoms with E-state index in [-0.39, 0.29) is 0 Å². The number of hydrogen-bond donors (Lipinski definition) is 1. The molecule has 2 N–H and O–H groups in total. The van der Waals surface area contributed by atoms with Gasteiger partial charge in [0.1, 0.15) is 0 Å². The van der Waals surface area contributed by atoms with E-state index in [9.17, 15) is 0 Å². The van der Waals surface area contributed by atoms with Crippen LogP contribution >= 0.6 is 0 Å². The summed E-state index contributed by atoms with van der Waals surface area (Å²) in [5.41, 5.74) is 9.14. The largest absolute Gasteiger partial charge is 0.351 e. The molecule has 0 bridgehead atoms. The van der Waals surface area contributed by atoms with Crippen LogP contribution in [-0.2, 0) is 13.0 Å². The summed E-state index contributed by atoms with van der Waals surface area (Å²) < 4.78 is 2.50. The average Bonchev–Trinajstić information content (AvgIpc) is 2.76. The molecule has 2 aliphatic carbocycles. The summed E-state index contributed by atoms with van der Waals surface area (Å²) in [6, 6.07) is 2.56. The van der Waals surface area contributed by atoms with E-state index in [2.05, 4.69) is 16.8 Å². The third-order valence-corrected chi connectivity index (χ3v) is 4.62. The lowest BCUT2D eigenvalue weighted by atomic mass is 9.89. The predicted molar refractivity (Wildman–Crippen MR) is 70.9 cm³/mol. The molecule has 2 heteroatoms. The summed E-state index contributed by atoms with van der Waals surface area (Å²) in [6.45, 7) is 1.24. The van der Waals surface area contributed by atoms with E-state index < -0.39 is 0 Å². The molecule has 1 saturated carbocycles. The van der Waals surface area contributed by atoms with Crippen LogP contribution < -0.4 is 5.73 Å². The van der Waals surface area contributed by atoms with Gasteiger partial charge in [0.25, 0.3) is 0 Å². The van der Waals surface area contributed by atoms with E-state index in [0.29, 0.717) is 6.04 Å². The monoisotopic (exact) mass is 232 g/mol. The Bertz CT molecular complexity index is 374. The van der Waals surface area contributed by atoms with E-state index in [1.807, 2.05) is 0 Å². The van der Waals surface area contributed by atoms with E-state index in [0.717, 1.165) is 5.92 Å². The lowest BCUT2D eigenvalue weighted by molar-refractivity contribution is 0.315. The molecule has 94 valence electrons. The van der Waals surface area contributed by atoms with Crippen LogP contribution in [0.2, 0.25) is 0 Å². The molecule has 17 heavy (non-hydrogen) atoms. The molecule has 1 aromatic rings. The van der Waals surface area contributed by atoms with Crippen LogP contribution in [0.3, 0.4) is 0 Å². The van der Waals surface area contributed by atoms with Crippen molar-refractivity contribution in [1.29, 1.82) is 0 Å². The summed E-state index contributed by atoms with van der Waals surface area (Å²) in [5, 5.41) is 0. The average molecular weight is 232 g/mol. The lowest BCUT2D eigenvalue weighted by Crippen LogP contribution is -2.20. The summed E-state index contributed by atoms with van der Waals surface area (Å²) in [5.74, 6) is 0.915. The second-order valence-electron chi connectivity index (χ2n) is 5.87. The Morgan fingerprint density at radius 1 is 1.12 bits per heavy atom. The number of hydrogen-bond acceptors (Lipinski definition) is 1. The quantitative estimate of drug-likeness (QED) is 0.832. The smallest absolute Gasteiger partial charge is 0.0312 e. The van der Waals surface area contributed by atoms with E-state index in [4.69, 9.17) is 5.73 Å². The van der Waals surface area contributed by atoms with Gasteiger partial charge in [-0.2, -0.15) is 0 Å². The highest BCUT2D eigenvalue weighted by atomic mass is 15.0. The molecule has 2 aliphatic rings. The van der Waals surface area contributed by atoms with Crippen molar-refractivity contribution in [2.75, 3.05) is 0 Å². The minimum Gasteiger partial charge on any atom is -0.351 e. The van der Waals surface area contributed by atoms with E-state index in [1.165, 1.54) is 69.2 Å². The maximum Gasteiger partial charge on any atom is 0.0312 e. The Morgan fingerprint density at radius 2 is 1.94 bits per heavy atom. The van der Waals surface area contributed by atoms with Crippen molar-refractivity contribution in [3.63, 3.8) is 0 Å². The standard InChI is InChI=1S/C15H24N2/c16-14-7-4-8-15-13(14)9-10-17(15)11-12-5-2-1-3-6-12/h9-10,12,14H,1-8,11,16H2. The van der Waals surface area contributed by atoms with Crippen molar-refractivity contribution in [2.24, 2.45) is 11.7 Å². The summed E-state index contributed by atoms with van der Waals surface area (Å²) >= 11 is 0. The van der Waals surface area contributed by atoms with Gasteiger partial charge in [0.05, 0.1) is 0 Å². The molecular weight excluding hydrogens is 208 g/mol. The number of nitrogens with two attached hydrogens (primary N) is 1. The van der Waals surface area contributed by atoms with Crippen molar-refractivity contribution in [1.82, 2.24) is 4.57 Å². The fourth-order valence-electron chi connectivity index (χ4n) is 3.61. The van der Waals surface area contributed by atoms with Crippen LogP contribution in [0.1, 0.15) is 62.2 Å². The van der Waals surface area contributed by atoms with Gasteiger partial charge < -0.3 is 10.3 Å². The third kappa shape index (κ3) is 2.28. The molecule has 2 nitrogen and oxygen atoms in total. The Labute approximate surface area is 104 Å². The Kier molecular flexibility index (Phi) is 3.24. The first-order valence-electron chi connectivity index (χ1n) is 7.28. The van der Waals surface area contributed by atoms with Gasteiger partial charge in [-0.15, -0.1) is 0 Å². The Hall–Kier alpha value is -0.760. The zero-order valence-corrected chi connectivity index (χ0v) is 10.7. The van der Waals surface area contributed by atoms with Crippen LogP contribution in [0.5, 0.6) is 0 Å². The van der Waals surface area contributed by atoms with Crippen molar-refractivity contribution in [3.05, 3.63) is 23.5 Å². The van der Waals surface area contributed by atoms with Crippen molar-refractivity contribution >= 4 is 0 Å². The summed E-state index contributed by atoms with van der Waals surface area (Å²) in [7, 11) is 0. The molecule has 0 aliphatic heterocycles. The molecular formula is C15H24N2. The summed E-state index contributed by atoms with van der Waals surface area (Å²) in [4.78, 5) is 0. The normalized spacial score (nSPS) is 25.8. The first kappa shape index (κ1) is 11.3. The third-order valence-electron chi connectivity index (χ3n) is 4.62. The molecule has 1 unspecified atom stereocenters. The van der Waals surface area contributed by atoms with Gasteiger partial charge in [-0.05, 0) is 49.7 Å². The van der Waals surface area contributed by atoms with Crippen LogP contribution in [0.25, 0.3) is 0 Å². The maximum atomic E-state index is 6.18. The second kappa shape index (κ2) is 4.85. The topological polar surface area (TPSA) is 30.9 Å². The molecule has 3 rings (SSSR count). The van der Waals surface area contributed by atoms with Crippen LogP contribution in [0.4, 0.5) is 0 Å². The lowest BCUT2D eigenvalue weighted by Gasteiger charge is -2.25. The second-order valence-corrected chi connectivity index (χ2v) is 5.87. The molecule has 0 aromatic carbocycles. The molecule has 0 spiro atoms. The number of aromatic nitrogens is 1. The highest BCUT2D eigenvalue weighted by Crippen LogP contribution is 2.31. The molecule has 0 amide bonds. The van der Waals surface area contributed by atoms with Gasteiger partial charge in [-0.1, -0.05) is 19.3 Å². The van der Waals surface area contributed by atoms with Crippen LogP contribution in [0, 0.1) is 5.92 Å². The van der Waals surface area contributed by atoms with E-state index >= 15 is 0 Å². The van der Waals surface area contributed by atoms with Gasteiger partial charge in [-0.3, -0.25) is 0 Å². The molecule has 1 heterocycles. The first-order chi connectivity index (χ1) is 8.34. The van der Waals surface area contributed by atoms with E-state index in [1.54, 1.807) is 0 Å². The van der Waals surface area contributed by atoms with Crippen molar-refractivity contribution in [2.45, 2.75) is 64.0 Å². The highest BCUT2D eigenvalue weighted by molar-refractivity contribution is 5.28. The minimum absolute atomic E-state index is 0.298. The number of nitrogens with zero attached hydrogens (tertiary/aromatic N) is 1. The zero-order valence-electron chi connectivity index (χ0n) is 10.7. The number of fused-ring (bicyclic) bond motifs is 1. The van der Waals surface area contributed by atoms with Gasteiger partial charge >= 0.3 is 0 Å². The fraction of sp³-hybridized carbons (Fsp3) is 0.733. The van der Waals surface area contributed by atoms with Crippen LogP contribution in [-0.4, -0.2) is 4.57 Å². The molecule has 0 saturated heterocycles. The number of rotatable bonds is 2. The minimum atomic E-state index is 0.298. The Balaban J connectivity index is 1.74. The van der Waals surface area contributed by atoms with Crippen molar-refractivity contribution in [3.8, 4) is 0 Å². The van der Waals surface area contributed by atoms with Gasteiger partial charge in [0.2, 0.25) is 0 Å². The SMILES string of the molecule is NC1CCCc2c1ccn2CC1CCCCC1. The van der Waals surface area contributed by atoms with Crippen LogP contribution in [0.15, 0.2) is 12.3 Å².